The first-order chi connectivity index (χ1) is 18.9. The summed E-state index contributed by atoms with van der Waals surface area (Å²) in [5, 5.41) is 13.0. The molecule has 3 N–H and O–H groups in total. The van der Waals surface area contributed by atoms with E-state index in [4.69, 9.17) is 26.8 Å². The summed E-state index contributed by atoms with van der Waals surface area (Å²) >= 11 is 6.71. The molecule has 0 radical (unpaired) electrons. The normalized spacial score (nSPS) is 17.1. The third kappa shape index (κ3) is 6.82. The Kier molecular flexibility index (Phi) is 10.0. The Morgan fingerprint density at radius 3 is 2.59 bits per heavy atom. The predicted octanol–water partition coefficient (Wildman–Crippen LogP) is 6.46. The number of carbonyl (C=O) groups excluding carboxylic acids is 1. The van der Waals surface area contributed by atoms with Crippen molar-refractivity contribution in [2.24, 2.45) is 11.7 Å². The summed E-state index contributed by atoms with van der Waals surface area (Å²) in [6.07, 6.45) is 3.65. The number of nitrogens with two attached hydrogens (primary N) is 1. The molecule has 3 aromatic carbocycles. The number of hydrogen-bond acceptors (Lipinski definition) is 5. The number of likely N-dealkylation sites (tertiary alicyclic amines) is 1. The Bertz CT molecular complexity index is 1250. The van der Waals surface area contributed by atoms with Gasteiger partial charge in [0.05, 0.1) is 10.6 Å². The lowest BCUT2D eigenvalue weighted by atomic mass is 9.73. The lowest BCUT2D eigenvalue weighted by Crippen LogP contribution is -2.48. The van der Waals surface area contributed by atoms with Gasteiger partial charge in [-0.1, -0.05) is 54.1 Å². The van der Waals surface area contributed by atoms with E-state index >= 15 is 0 Å². The molecule has 3 aromatic rings. The summed E-state index contributed by atoms with van der Waals surface area (Å²) in [4.78, 5) is 15.3. The predicted molar refractivity (Wildman–Crippen MR) is 155 cm³/mol. The maximum atomic E-state index is 13.5. The summed E-state index contributed by atoms with van der Waals surface area (Å²) in [5.74, 6) is 0.921. The van der Waals surface area contributed by atoms with Crippen molar-refractivity contribution in [1.82, 2.24) is 4.90 Å². The van der Waals surface area contributed by atoms with E-state index in [2.05, 4.69) is 0 Å². The zero-order valence-electron chi connectivity index (χ0n) is 22.9. The highest BCUT2D eigenvalue weighted by atomic mass is 35.5. The quantitative estimate of drug-likeness (QED) is 0.268. The SMILES string of the molecule is COCCCC[C@@](O)(c1cccc(Cl)c1Oc1ccccc1C)[C@@H]1CCCN(C(=O)c2ccc(CN)cc2)C1. The molecule has 1 heterocycles. The smallest absolute Gasteiger partial charge is 0.253 e. The van der Waals surface area contributed by atoms with E-state index in [0.717, 1.165) is 36.8 Å². The number of benzene rings is 3. The third-order valence-corrected chi connectivity index (χ3v) is 8.01. The van der Waals surface area contributed by atoms with Gasteiger partial charge in [-0.05, 0) is 74.4 Å². The van der Waals surface area contributed by atoms with E-state index < -0.39 is 5.60 Å². The second-order valence-corrected chi connectivity index (χ2v) is 10.8. The van der Waals surface area contributed by atoms with Crippen molar-refractivity contribution in [3.63, 3.8) is 0 Å². The fourth-order valence-electron chi connectivity index (χ4n) is 5.45. The van der Waals surface area contributed by atoms with Gasteiger partial charge in [0.25, 0.3) is 5.91 Å². The van der Waals surface area contributed by atoms with Crippen LogP contribution in [0.4, 0.5) is 0 Å². The van der Waals surface area contributed by atoms with Crippen LogP contribution in [0.2, 0.25) is 5.02 Å². The molecule has 7 heteroatoms. The lowest BCUT2D eigenvalue weighted by Gasteiger charge is -2.43. The number of halogens is 1. The molecule has 1 fully saturated rings. The van der Waals surface area contributed by atoms with Gasteiger partial charge in [0.2, 0.25) is 0 Å². The van der Waals surface area contributed by atoms with Crippen molar-refractivity contribution < 1.29 is 19.4 Å². The Labute approximate surface area is 236 Å². The van der Waals surface area contributed by atoms with Crippen LogP contribution < -0.4 is 10.5 Å². The lowest BCUT2D eigenvalue weighted by molar-refractivity contribution is -0.0589. The van der Waals surface area contributed by atoms with Crippen molar-refractivity contribution in [3.8, 4) is 11.5 Å². The van der Waals surface area contributed by atoms with E-state index in [-0.39, 0.29) is 11.8 Å². The van der Waals surface area contributed by atoms with Crippen molar-refractivity contribution in [2.75, 3.05) is 26.8 Å². The van der Waals surface area contributed by atoms with Crippen LogP contribution in [0, 0.1) is 12.8 Å². The first-order valence-corrected chi connectivity index (χ1v) is 14.1. The number of piperidine rings is 1. The maximum Gasteiger partial charge on any atom is 0.253 e. The Morgan fingerprint density at radius 1 is 1.10 bits per heavy atom. The van der Waals surface area contributed by atoms with Crippen LogP contribution in [0.5, 0.6) is 11.5 Å². The number of hydrogen-bond donors (Lipinski definition) is 2. The molecule has 0 spiro atoms. The monoisotopic (exact) mass is 550 g/mol. The maximum absolute atomic E-state index is 13.5. The van der Waals surface area contributed by atoms with Crippen molar-refractivity contribution >= 4 is 17.5 Å². The van der Waals surface area contributed by atoms with E-state index in [9.17, 15) is 9.90 Å². The Balaban J connectivity index is 1.67. The van der Waals surface area contributed by atoms with Crippen LogP contribution in [0.25, 0.3) is 0 Å². The number of rotatable bonds is 11. The zero-order chi connectivity index (χ0) is 27.8. The highest BCUT2D eigenvalue weighted by Gasteiger charge is 2.43. The second-order valence-electron chi connectivity index (χ2n) is 10.3. The average Bonchev–Trinajstić information content (AvgIpc) is 2.97. The summed E-state index contributed by atoms with van der Waals surface area (Å²) in [7, 11) is 1.68. The van der Waals surface area contributed by atoms with E-state index in [1.807, 2.05) is 72.5 Å². The number of para-hydroxylation sites is 2. The molecule has 1 aliphatic heterocycles. The average molecular weight is 551 g/mol. The minimum Gasteiger partial charge on any atom is -0.455 e. The highest BCUT2D eigenvalue weighted by Crippen LogP contribution is 2.47. The minimum atomic E-state index is -1.25. The summed E-state index contributed by atoms with van der Waals surface area (Å²) < 4.78 is 11.7. The molecule has 6 nitrogen and oxygen atoms in total. The van der Waals surface area contributed by atoms with Crippen molar-refractivity contribution in [2.45, 2.75) is 51.2 Å². The molecule has 0 unspecified atom stereocenters. The van der Waals surface area contributed by atoms with Gasteiger partial charge in [-0.2, -0.15) is 0 Å². The number of aliphatic hydroxyl groups is 1. The van der Waals surface area contributed by atoms with Gasteiger partial charge in [-0.25, -0.2) is 0 Å². The van der Waals surface area contributed by atoms with Crippen LogP contribution in [0.15, 0.2) is 66.7 Å². The fourth-order valence-corrected chi connectivity index (χ4v) is 5.66. The fraction of sp³-hybridized carbons (Fsp3) is 0.406. The van der Waals surface area contributed by atoms with Crippen LogP contribution in [0.3, 0.4) is 0 Å². The van der Waals surface area contributed by atoms with Crippen LogP contribution in [0.1, 0.15) is 59.2 Å². The van der Waals surface area contributed by atoms with Crippen LogP contribution in [-0.4, -0.2) is 42.7 Å². The van der Waals surface area contributed by atoms with E-state index in [1.165, 1.54) is 0 Å². The summed E-state index contributed by atoms with van der Waals surface area (Å²) in [5.41, 5.74) is 7.72. The molecule has 0 saturated carbocycles. The van der Waals surface area contributed by atoms with Crippen molar-refractivity contribution in [3.05, 3.63) is 94.0 Å². The van der Waals surface area contributed by atoms with Gasteiger partial charge in [-0.15, -0.1) is 0 Å². The van der Waals surface area contributed by atoms with Gasteiger partial charge in [0, 0.05) is 50.4 Å². The number of unbranched alkanes of at least 4 members (excludes halogenated alkanes) is 1. The van der Waals surface area contributed by atoms with E-state index in [0.29, 0.717) is 60.3 Å². The van der Waals surface area contributed by atoms with Gasteiger partial charge < -0.3 is 25.2 Å². The van der Waals surface area contributed by atoms with Crippen LogP contribution >= 0.6 is 11.6 Å². The number of methoxy groups -OCH3 is 1. The molecule has 2 atom stereocenters. The molecule has 1 amide bonds. The number of amides is 1. The topological polar surface area (TPSA) is 85.0 Å². The molecule has 0 bridgehead atoms. The summed E-state index contributed by atoms with van der Waals surface area (Å²) in [6.45, 7) is 4.12. The minimum absolute atomic E-state index is 0.0347. The summed E-state index contributed by atoms with van der Waals surface area (Å²) in [6, 6.07) is 20.7. The molecule has 1 saturated heterocycles. The molecular formula is C32H39ClN2O4. The number of carbonyl (C=O) groups is 1. The van der Waals surface area contributed by atoms with Crippen molar-refractivity contribution in [1.29, 1.82) is 0 Å². The molecule has 0 aliphatic carbocycles. The molecule has 39 heavy (non-hydrogen) atoms. The first-order valence-electron chi connectivity index (χ1n) is 13.7. The number of aryl methyl sites for hydroxylation is 1. The molecule has 4 rings (SSSR count). The van der Waals surface area contributed by atoms with Gasteiger partial charge in [0.1, 0.15) is 5.75 Å². The zero-order valence-corrected chi connectivity index (χ0v) is 23.6. The van der Waals surface area contributed by atoms with E-state index in [1.54, 1.807) is 13.2 Å². The highest BCUT2D eigenvalue weighted by molar-refractivity contribution is 6.32. The largest absolute Gasteiger partial charge is 0.455 e. The third-order valence-electron chi connectivity index (χ3n) is 7.72. The standard InChI is InChI=1S/C32H39ClN2O4/c1-23-9-3-4-13-29(23)39-30-27(11-7-12-28(30)33)32(37,18-5-6-20-38-2)26-10-8-19-35(22-26)31(36)25-16-14-24(21-34)15-17-25/h3-4,7,9,11-17,26,37H,5-6,8,10,18-22,34H2,1-2H3/t26-,32+/m1/s1. The number of ether oxygens (including phenoxy) is 2. The number of nitrogens with zero attached hydrogens (tertiary/aromatic N) is 1. The second kappa shape index (κ2) is 13.4. The molecule has 0 aromatic heterocycles. The molecular weight excluding hydrogens is 512 g/mol. The van der Waals surface area contributed by atoms with Crippen LogP contribution in [-0.2, 0) is 16.9 Å². The van der Waals surface area contributed by atoms with Gasteiger partial charge in [-0.3, -0.25) is 4.79 Å². The molecule has 208 valence electrons. The first kappa shape index (κ1) is 29.1. The Morgan fingerprint density at radius 2 is 1.87 bits per heavy atom. The van der Waals surface area contributed by atoms with Gasteiger partial charge in [0.15, 0.2) is 5.75 Å². The Hall–Kier alpha value is -2.90. The van der Waals surface area contributed by atoms with Gasteiger partial charge >= 0.3 is 0 Å². The molecule has 1 aliphatic rings.